The first kappa shape index (κ1) is 16.4. The molecular weight excluding hydrogens is 275 g/mol. The van der Waals surface area contributed by atoms with E-state index >= 15 is 0 Å². The van der Waals surface area contributed by atoms with Gasteiger partial charge >= 0.3 is 6.18 Å². The van der Waals surface area contributed by atoms with E-state index in [9.17, 15) is 13.2 Å². The monoisotopic (exact) mass is 295 g/mol. The largest absolute Gasteiger partial charge is 0.434 e. The summed E-state index contributed by atoms with van der Waals surface area (Å²) in [5.41, 5.74) is -0.727. The maximum atomic E-state index is 12.9. The van der Waals surface area contributed by atoms with Crippen molar-refractivity contribution in [1.82, 2.24) is 15.2 Å². The first-order valence-corrected chi connectivity index (χ1v) is 7.07. The van der Waals surface area contributed by atoms with E-state index in [1.807, 2.05) is 25.9 Å². The van der Waals surface area contributed by atoms with Crippen LogP contribution in [0.3, 0.4) is 0 Å². The number of nitrogens with zero attached hydrogens (tertiary/aromatic N) is 2. The number of nitrogens with one attached hydrogen (secondary N) is 1. The van der Waals surface area contributed by atoms with Crippen LogP contribution in [0, 0.1) is 0 Å². The first-order chi connectivity index (χ1) is 8.84. The molecular formula is C12H20F3N3S. The molecule has 3 nitrogen and oxygen atoms in total. The van der Waals surface area contributed by atoms with E-state index < -0.39 is 11.9 Å². The summed E-state index contributed by atoms with van der Waals surface area (Å²) in [7, 11) is 3.78. The lowest BCUT2D eigenvalue weighted by Gasteiger charge is -2.06. The second-order valence-corrected chi connectivity index (χ2v) is 5.78. The topological polar surface area (TPSA) is 28.2 Å². The van der Waals surface area contributed by atoms with Crippen LogP contribution in [0.5, 0.6) is 0 Å². The van der Waals surface area contributed by atoms with Crippen molar-refractivity contribution in [3.05, 3.63) is 15.6 Å². The SMILES string of the molecule is CCCNCc1sc(CCN(C)C)nc1C(F)(F)F. The van der Waals surface area contributed by atoms with Crippen molar-refractivity contribution in [2.24, 2.45) is 0 Å². The van der Waals surface area contributed by atoms with Crippen LogP contribution in [0.15, 0.2) is 0 Å². The Kier molecular flexibility index (Phi) is 6.22. The third kappa shape index (κ3) is 5.46. The Morgan fingerprint density at radius 2 is 2.00 bits per heavy atom. The summed E-state index contributed by atoms with van der Waals surface area (Å²) in [5.74, 6) is 0. The van der Waals surface area contributed by atoms with Gasteiger partial charge in [0.1, 0.15) is 0 Å². The summed E-state index contributed by atoms with van der Waals surface area (Å²) in [6.45, 7) is 3.63. The number of hydrogen-bond acceptors (Lipinski definition) is 4. The first-order valence-electron chi connectivity index (χ1n) is 6.25. The highest BCUT2D eigenvalue weighted by atomic mass is 32.1. The Hall–Kier alpha value is -0.660. The maximum Gasteiger partial charge on any atom is 0.434 e. The Morgan fingerprint density at radius 1 is 1.32 bits per heavy atom. The molecule has 0 aromatic carbocycles. The molecule has 1 rings (SSSR count). The molecule has 0 spiro atoms. The van der Waals surface area contributed by atoms with E-state index in [0.29, 0.717) is 24.5 Å². The van der Waals surface area contributed by atoms with E-state index in [0.717, 1.165) is 17.8 Å². The summed E-state index contributed by atoms with van der Waals surface area (Å²) in [6, 6.07) is 0. The average Bonchev–Trinajstić information content (AvgIpc) is 2.70. The molecule has 0 aliphatic heterocycles. The van der Waals surface area contributed by atoms with Crippen LogP contribution < -0.4 is 5.32 Å². The van der Waals surface area contributed by atoms with Crippen molar-refractivity contribution >= 4 is 11.3 Å². The van der Waals surface area contributed by atoms with Gasteiger partial charge in [-0.1, -0.05) is 6.92 Å². The van der Waals surface area contributed by atoms with Gasteiger partial charge in [0.05, 0.1) is 9.88 Å². The van der Waals surface area contributed by atoms with E-state index in [4.69, 9.17) is 0 Å². The van der Waals surface area contributed by atoms with Gasteiger partial charge in [-0.3, -0.25) is 0 Å². The Morgan fingerprint density at radius 3 is 2.53 bits per heavy atom. The van der Waals surface area contributed by atoms with Gasteiger partial charge in [-0.05, 0) is 27.1 Å². The normalized spacial score (nSPS) is 12.4. The third-order valence-electron chi connectivity index (χ3n) is 2.50. The predicted octanol–water partition coefficient (Wildman–Crippen LogP) is 2.77. The molecule has 0 bridgehead atoms. The molecule has 1 N–H and O–H groups in total. The van der Waals surface area contributed by atoms with Crippen molar-refractivity contribution in [2.75, 3.05) is 27.2 Å². The highest BCUT2D eigenvalue weighted by molar-refractivity contribution is 7.11. The van der Waals surface area contributed by atoms with Crippen LogP contribution in [0.1, 0.15) is 28.9 Å². The minimum Gasteiger partial charge on any atom is -0.312 e. The zero-order valence-electron chi connectivity index (χ0n) is 11.5. The molecule has 0 amide bonds. The van der Waals surface area contributed by atoms with Crippen molar-refractivity contribution in [2.45, 2.75) is 32.5 Å². The summed E-state index contributed by atoms with van der Waals surface area (Å²) >= 11 is 1.16. The van der Waals surface area contributed by atoms with Gasteiger partial charge in [0, 0.05) is 19.5 Å². The molecule has 0 fully saturated rings. The Labute approximate surface area is 115 Å². The number of halogens is 3. The van der Waals surface area contributed by atoms with Gasteiger partial charge in [0.15, 0.2) is 5.69 Å². The molecule has 110 valence electrons. The van der Waals surface area contributed by atoms with Crippen molar-refractivity contribution < 1.29 is 13.2 Å². The lowest BCUT2D eigenvalue weighted by molar-refractivity contribution is -0.141. The lowest BCUT2D eigenvalue weighted by atomic mass is 10.3. The quantitative estimate of drug-likeness (QED) is 0.784. The molecule has 0 aliphatic carbocycles. The van der Waals surface area contributed by atoms with E-state index in [-0.39, 0.29) is 11.4 Å². The smallest absolute Gasteiger partial charge is 0.312 e. The van der Waals surface area contributed by atoms with Crippen LogP contribution in [-0.2, 0) is 19.1 Å². The predicted molar refractivity (Wildman–Crippen MR) is 71.4 cm³/mol. The lowest BCUT2D eigenvalue weighted by Crippen LogP contribution is -2.17. The van der Waals surface area contributed by atoms with Gasteiger partial charge in [-0.25, -0.2) is 4.98 Å². The van der Waals surface area contributed by atoms with Crippen LogP contribution in [0.4, 0.5) is 13.2 Å². The van der Waals surface area contributed by atoms with Gasteiger partial charge in [-0.2, -0.15) is 13.2 Å². The molecule has 0 aliphatic rings. The molecule has 0 saturated heterocycles. The summed E-state index contributed by atoms with van der Waals surface area (Å²) in [5, 5.41) is 3.55. The van der Waals surface area contributed by atoms with E-state index in [2.05, 4.69) is 10.3 Å². The molecule has 7 heteroatoms. The van der Waals surface area contributed by atoms with Crippen LogP contribution in [0.25, 0.3) is 0 Å². The van der Waals surface area contributed by atoms with Gasteiger partial charge in [0.25, 0.3) is 0 Å². The minimum absolute atomic E-state index is 0.238. The molecule has 0 unspecified atom stereocenters. The maximum absolute atomic E-state index is 12.9. The highest BCUT2D eigenvalue weighted by Gasteiger charge is 2.37. The number of aromatic nitrogens is 1. The van der Waals surface area contributed by atoms with Gasteiger partial charge < -0.3 is 10.2 Å². The summed E-state index contributed by atoms with van der Waals surface area (Å²) < 4.78 is 38.6. The standard InChI is InChI=1S/C12H20F3N3S/c1-4-6-16-8-9-11(12(13,14)15)17-10(19-9)5-7-18(2)3/h16H,4-8H2,1-3H3. The molecule has 0 atom stereocenters. The van der Waals surface area contributed by atoms with Gasteiger partial charge in [0.2, 0.25) is 0 Å². The molecule has 19 heavy (non-hydrogen) atoms. The van der Waals surface area contributed by atoms with Crippen molar-refractivity contribution in [3.8, 4) is 0 Å². The van der Waals surface area contributed by atoms with Gasteiger partial charge in [-0.15, -0.1) is 11.3 Å². The van der Waals surface area contributed by atoms with Crippen molar-refractivity contribution in [1.29, 1.82) is 0 Å². The number of rotatable bonds is 7. The van der Waals surface area contributed by atoms with E-state index in [1.165, 1.54) is 0 Å². The number of alkyl halides is 3. The van der Waals surface area contributed by atoms with E-state index in [1.54, 1.807) is 0 Å². The fraction of sp³-hybridized carbons (Fsp3) is 0.750. The highest BCUT2D eigenvalue weighted by Crippen LogP contribution is 2.34. The average molecular weight is 295 g/mol. The molecule has 1 aromatic heterocycles. The number of thiazole rings is 1. The Balaban J connectivity index is 2.80. The Bertz CT molecular complexity index is 388. The fourth-order valence-electron chi connectivity index (χ4n) is 1.55. The zero-order valence-corrected chi connectivity index (χ0v) is 12.3. The second-order valence-electron chi connectivity index (χ2n) is 4.61. The van der Waals surface area contributed by atoms with Crippen LogP contribution in [0.2, 0.25) is 0 Å². The summed E-state index contributed by atoms with van der Waals surface area (Å²) in [4.78, 5) is 5.98. The molecule has 0 radical (unpaired) electrons. The minimum atomic E-state index is -4.36. The van der Waals surface area contributed by atoms with Crippen molar-refractivity contribution in [3.63, 3.8) is 0 Å². The number of hydrogen-bond donors (Lipinski definition) is 1. The molecule has 1 heterocycles. The zero-order chi connectivity index (χ0) is 14.5. The third-order valence-corrected chi connectivity index (χ3v) is 3.61. The summed E-state index contributed by atoms with van der Waals surface area (Å²) in [6.07, 6.45) is -2.92. The second kappa shape index (κ2) is 7.21. The molecule has 1 aromatic rings. The number of likely N-dealkylation sites (N-methyl/N-ethyl adjacent to an activating group) is 1. The molecule has 0 saturated carbocycles. The fourth-order valence-corrected chi connectivity index (χ4v) is 2.59. The van der Waals surface area contributed by atoms with Crippen LogP contribution >= 0.6 is 11.3 Å². The van der Waals surface area contributed by atoms with Crippen LogP contribution in [-0.4, -0.2) is 37.1 Å².